The third kappa shape index (κ3) is 18.7. The minimum atomic E-state index is -1.67. The average molecular weight is 743 g/mol. The topological polar surface area (TPSA) is 0 Å². The molecule has 0 atom stereocenters. The Labute approximate surface area is 323 Å². The summed E-state index contributed by atoms with van der Waals surface area (Å²) in [6.45, 7) is 15.3. The first-order valence-electron chi connectivity index (χ1n) is 20.1. The zero-order valence-corrected chi connectivity index (χ0v) is 35.1. The molecule has 0 saturated carbocycles. The van der Waals surface area contributed by atoms with Gasteiger partial charge in [0.1, 0.15) is 23.2 Å². The fourth-order valence-electron chi connectivity index (χ4n) is 7.16. The molecule has 0 radical (unpaired) electrons. The molecule has 0 amide bonds. The minimum absolute atomic E-state index is 0. The molecule has 3 aromatic carbocycles. The molecule has 0 fully saturated rings. The van der Waals surface area contributed by atoms with Gasteiger partial charge in [-0.25, -0.2) is 0 Å². The van der Waals surface area contributed by atoms with E-state index < -0.39 is 7.26 Å². The molecule has 282 valence electrons. The van der Waals surface area contributed by atoms with Crippen LogP contribution in [0, 0.1) is 0 Å². The second kappa shape index (κ2) is 30.9. The predicted octanol–water partition coefficient (Wildman–Crippen LogP) is 6.69. The van der Waals surface area contributed by atoms with Crippen molar-refractivity contribution in [2.75, 3.05) is 32.8 Å². The molecule has 3 aromatic rings. The molecule has 0 heterocycles. The lowest BCUT2D eigenvalue weighted by Gasteiger charge is -2.35. The average Bonchev–Trinajstić information content (AvgIpc) is 3.13. The summed E-state index contributed by atoms with van der Waals surface area (Å²) in [7, 11) is 0.888. The summed E-state index contributed by atoms with van der Waals surface area (Å²) >= 11 is 0. The summed E-state index contributed by atoms with van der Waals surface area (Å²) < 4.78 is 1.36. The van der Waals surface area contributed by atoms with Gasteiger partial charge >= 0.3 is 0 Å². The van der Waals surface area contributed by atoms with Crippen molar-refractivity contribution in [1.29, 1.82) is 0 Å². The van der Waals surface area contributed by atoms with Crippen molar-refractivity contribution in [2.24, 2.45) is 0 Å². The van der Waals surface area contributed by atoms with Gasteiger partial charge in [0.2, 0.25) is 0 Å². The maximum atomic E-state index is 4.05. The lowest BCUT2D eigenvalue weighted by atomic mass is 10.1. The Kier molecular flexibility index (Phi) is 29.9. The summed E-state index contributed by atoms with van der Waals surface area (Å²) in [5.74, 6) is 0. The van der Waals surface area contributed by atoms with Crippen LogP contribution in [0.15, 0.2) is 104 Å². The number of rotatable bonds is 26. The molecule has 3 rings (SSSR count). The van der Waals surface area contributed by atoms with Gasteiger partial charge in [-0.2, -0.15) is 0 Å². The van der Waals surface area contributed by atoms with Crippen molar-refractivity contribution in [2.45, 2.75) is 136 Å². The largest absolute Gasteiger partial charge is 1.00 e. The standard InChI is InChI=1S/C25H54N.C21H20P.2ClH/c1-5-8-11-14-17-20-23-26(4,24-21-18-15-12-9-6-2)25-22-19-16-13-10-7-3;1-2-18-22(19-12-6-3-7-13-19,20-14-8-4-9-15-20)21-16-10-5-11-17-21;;/h5-25H2,1-4H3;2-17H,1,18H2;2*1H/q2*+1;;/p-2. The lowest BCUT2D eigenvalue weighted by molar-refractivity contribution is -0.910. The number of quaternary nitrogens is 1. The lowest BCUT2D eigenvalue weighted by Crippen LogP contribution is -3.00. The fourth-order valence-corrected chi connectivity index (χ4v) is 11.1. The fraction of sp³-hybridized carbons (Fsp3) is 0.565. The van der Waals surface area contributed by atoms with Gasteiger partial charge in [0.05, 0.1) is 32.8 Å². The summed E-state index contributed by atoms with van der Waals surface area (Å²) in [5, 5.41) is 4.23. The van der Waals surface area contributed by atoms with Crippen LogP contribution in [0.5, 0.6) is 0 Å². The van der Waals surface area contributed by atoms with E-state index in [4.69, 9.17) is 0 Å². The molecule has 0 N–H and O–H groups in total. The number of hydrogen-bond donors (Lipinski definition) is 0. The van der Waals surface area contributed by atoms with E-state index in [1.54, 1.807) is 0 Å². The number of halogens is 2. The highest BCUT2D eigenvalue weighted by molar-refractivity contribution is 7.95. The van der Waals surface area contributed by atoms with E-state index in [1.807, 2.05) is 0 Å². The summed E-state index contributed by atoms with van der Waals surface area (Å²) in [6.07, 6.45) is 28.9. The first-order chi connectivity index (χ1) is 23.6. The van der Waals surface area contributed by atoms with E-state index in [9.17, 15) is 0 Å². The molecular weight excluding hydrogens is 668 g/mol. The van der Waals surface area contributed by atoms with Crippen molar-refractivity contribution < 1.29 is 29.3 Å². The van der Waals surface area contributed by atoms with Crippen molar-refractivity contribution in [3.8, 4) is 0 Å². The van der Waals surface area contributed by atoms with Crippen molar-refractivity contribution in [3.05, 3.63) is 104 Å². The van der Waals surface area contributed by atoms with Crippen LogP contribution in [0.3, 0.4) is 0 Å². The Morgan fingerprint density at radius 3 is 0.960 bits per heavy atom. The molecule has 4 heteroatoms. The van der Waals surface area contributed by atoms with Crippen molar-refractivity contribution >= 4 is 23.2 Å². The summed E-state index contributed by atoms with van der Waals surface area (Å²) in [4.78, 5) is 0. The first-order valence-corrected chi connectivity index (χ1v) is 22.0. The first kappa shape index (κ1) is 48.4. The Morgan fingerprint density at radius 1 is 0.440 bits per heavy atom. The van der Waals surface area contributed by atoms with Crippen LogP contribution in [0.2, 0.25) is 0 Å². The summed E-state index contributed by atoms with van der Waals surface area (Å²) in [6, 6.07) is 32.7. The predicted molar refractivity (Wildman–Crippen MR) is 221 cm³/mol. The van der Waals surface area contributed by atoms with Gasteiger partial charge in [-0.3, -0.25) is 0 Å². The molecule has 0 aliphatic carbocycles. The molecule has 0 saturated heterocycles. The van der Waals surface area contributed by atoms with E-state index >= 15 is 0 Å². The van der Waals surface area contributed by atoms with E-state index in [2.05, 4.69) is 131 Å². The monoisotopic (exact) mass is 741 g/mol. The Bertz CT molecular complexity index is 1020. The van der Waals surface area contributed by atoms with Gasteiger partial charge in [0.15, 0.2) is 0 Å². The smallest absolute Gasteiger partial charge is 0.115 e. The number of hydrogen-bond acceptors (Lipinski definition) is 0. The second-order valence-electron chi connectivity index (χ2n) is 14.4. The zero-order chi connectivity index (χ0) is 34.6. The highest BCUT2D eigenvalue weighted by atomic mass is 35.5. The Balaban J connectivity index is 0.000000930. The highest BCUT2D eigenvalue weighted by Crippen LogP contribution is 2.55. The Morgan fingerprint density at radius 2 is 0.700 bits per heavy atom. The van der Waals surface area contributed by atoms with E-state index in [-0.39, 0.29) is 24.8 Å². The maximum Gasteiger partial charge on any atom is 0.115 e. The number of allylic oxidation sites excluding steroid dienone is 1. The van der Waals surface area contributed by atoms with Crippen LogP contribution in [0.25, 0.3) is 0 Å². The third-order valence-corrected chi connectivity index (χ3v) is 14.5. The van der Waals surface area contributed by atoms with E-state index in [0.717, 1.165) is 6.16 Å². The third-order valence-electron chi connectivity index (χ3n) is 10.1. The SMILES string of the molecule is C=CC[P+](c1ccccc1)(c1ccccc1)c1ccccc1.CCCCCCCC[N+](C)(CCCCCCCC)CCCCCCCC.[Cl-].[Cl-]. The number of nitrogens with zero attached hydrogens (tertiary/aromatic N) is 1. The number of unbranched alkanes of at least 4 members (excludes halogenated alkanes) is 15. The molecular formula is C46H74Cl2NP. The minimum Gasteiger partial charge on any atom is -1.00 e. The van der Waals surface area contributed by atoms with Gasteiger partial charge in [-0.15, -0.1) is 0 Å². The normalized spacial score (nSPS) is 11.1. The van der Waals surface area contributed by atoms with Crippen molar-refractivity contribution in [3.63, 3.8) is 0 Å². The number of benzene rings is 3. The van der Waals surface area contributed by atoms with Gasteiger partial charge in [-0.1, -0.05) is 165 Å². The van der Waals surface area contributed by atoms with Crippen LogP contribution in [0.4, 0.5) is 0 Å². The molecule has 50 heavy (non-hydrogen) atoms. The van der Waals surface area contributed by atoms with Gasteiger partial charge in [0.25, 0.3) is 0 Å². The highest BCUT2D eigenvalue weighted by Gasteiger charge is 2.43. The molecule has 0 aliphatic rings. The van der Waals surface area contributed by atoms with E-state index in [1.165, 1.54) is 156 Å². The summed E-state index contributed by atoms with van der Waals surface area (Å²) in [5.41, 5.74) is 0. The van der Waals surface area contributed by atoms with Crippen LogP contribution < -0.4 is 40.7 Å². The van der Waals surface area contributed by atoms with Crippen LogP contribution in [-0.2, 0) is 0 Å². The molecule has 0 spiro atoms. The van der Waals surface area contributed by atoms with Crippen LogP contribution in [-0.4, -0.2) is 37.3 Å². The maximum absolute atomic E-state index is 4.05. The van der Waals surface area contributed by atoms with Gasteiger partial charge < -0.3 is 29.3 Å². The van der Waals surface area contributed by atoms with Crippen LogP contribution >= 0.6 is 7.26 Å². The van der Waals surface area contributed by atoms with Crippen LogP contribution in [0.1, 0.15) is 136 Å². The molecule has 0 unspecified atom stereocenters. The Hall–Kier alpha value is -1.63. The quantitative estimate of drug-likeness (QED) is 0.0373. The molecule has 0 aromatic heterocycles. The van der Waals surface area contributed by atoms with Gasteiger partial charge in [-0.05, 0) is 74.9 Å². The van der Waals surface area contributed by atoms with E-state index in [0.29, 0.717) is 0 Å². The van der Waals surface area contributed by atoms with Gasteiger partial charge in [0, 0.05) is 0 Å². The molecule has 1 nitrogen and oxygen atoms in total. The van der Waals surface area contributed by atoms with Crippen molar-refractivity contribution in [1.82, 2.24) is 0 Å². The zero-order valence-electron chi connectivity index (χ0n) is 32.7. The molecule has 0 aliphatic heterocycles. The molecule has 0 bridgehead atoms. The second-order valence-corrected chi connectivity index (χ2v) is 17.9.